The second-order valence-corrected chi connectivity index (χ2v) is 2.30. The number of aromatic carboxylic acids is 1. The van der Waals surface area contributed by atoms with Crippen LogP contribution in [0.2, 0.25) is 0 Å². The van der Waals surface area contributed by atoms with Crippen LogP contribution in [0.5, 0.6) is 0 Å². The van der Waals surface area contributed by atoms with Crippen molar-refractivity contribution in [2.45, 2.75) is 0 Å². The molecule has 0 atom stereocenters. The number of aromatic nitrogens is 4. The van der Waals surface area contributed by atoms with Crippen molar-refractivity contribution in [2.75, 3.05) is 0 Å². The predicted molar refractivity (Wildman–Crippen MR) is 47.8 cm³/mol. The predicted octanol–water partition coefficient (Wildman–Crippen LogP) is -0.462. The van der Waals surface area contributed by atoms with Gasteiger partial charge in [-0.05, 0) is 0 Å². The fourth-order valence-corrected chi connectivity index (χ4v) is 0.945. The molecule has 0 aliphatic rings. The van der Waals surface area contributed by atoms with Gasteiger partial charge in [-0.1, -0.05) is 0 Å². The lowest BCUT2D eigenvalue weighted by Crippen LogP contribution is -2.22. The van der Waals surface area contributed by atoms with E-state index in [1.54, 1.807) is 0 Å². The first-order valence-corrected chi connectivity index (χ1v) is 3.34. The Kier molecular flexibility index (Phi) is 2.52. The van der Waals surface area contributed by atoms with Crippen LogP contribution in [-0.4, -0.2) is 30.7 Å². The van der Waals surface area contributed by atoms with E-state index in [4.69, 9.17) is 5.11 Å². The number of carbonyl (C=O) groups is 1. The van der Waals surface area contributed by atoms with Gasteiger partial charge in [0.15, 0.2) is 0 Å². The number of nitrogens with zero attached hydrogens (tertiary/aromatic N) is 3. The molecule has 0 unspecified atom stereocenters. The van der Waals surface area contributed by atoms with Gasteiger partial charge in [-0.3, -0.25) is 9.89 Å². The van der Waals surface area contributed by atoms with Crippen molar-refractivity contribution in [3.05, 3.63) is 28.4 Å². The van der Waals surface area contributed by atoms with Crippen molar-refractivity contribution < 1.29 is 9.90 Å². The zero-order valence-corrected chi connectivity index (χ0v) is 7.48. The van der Waals surface area contributed by atoms with Gasteiger partial charge >= 0.3 is 5.97 Å². The number of H-pyrrole nitrogens is 1. The largest absolute Gasteiger partial charge is 0.477 e. The van der Waals surface area contributed by atoms with E-state index in [2.05, 4.69) is 15.1 Å². The van der Waals surface area contributed by atoms with Gasteiger partial charge < -0.3 is 5.11 Å². The van der Waals surface area contributed by atoms with Crippen LogP contribution in [0.1, 0.15) is 10.4 Å². The van der Waals surface area contributed by atoms with Crippen LogP contribution >= 0.6 is 12.4 Å². The number of rotatable bonds is 1. The molecule has 0 aromatic carbocycles. The first-order valence-electron chi connectivity index (χ1n) is 3.34. The third kappa shape index (κ3) is 1.33. The topological polar surface area (TPSA) is 100 Å². The van der Waals surface area contributed by atoms with E-state index >= 15 is 0 Å². The quantitative estimate of drug-likeness (QED) is 0.672. The maximum atomic E-state index is 11.3. The SMILES string of the molecule is Cl.O=C(O)c1cnc2nc[nH]n2c1=O. The highest BCUT2D eigenvalue weighted by Crippen LogP contribution is 1.91. The molecule has 2 aromatic heterocycles. The highest BCUT2D eigenvalue weighted by Gasteiger charge is 2.11. The van der Waals surface area contributed by atoms with Gasteiger partial charge in [0.2, 0.25) is 0 Å². The van der Waals surface area contributed by atoms with Crippen molar-refractivity contribution in [1.82, 2.24) is 19.6 Å². The van der Waals surface area contributed by atoms with E-state index in [1.807, 2.05) is 0 Å². The molecule has 2 heterocycles. The maximum absolute atomic E-state index is 11.3. The minimum absolute atomic E-state index is 0. The highest BCUT2D eigenvalue weighted by molar-refractivity contribution is 5.86. The molecular formula is C6H5ClN4O3. The number of halogens is 1. The normalized spacial score (nSPS) is 9.71. The number of aromatic amines is 1. The second-order valence-electron chi connectivity index (χ2n) is 2.30. The van der Waals surface area contributed by atoms with Gasteiger partial charge in [0.1, 0.15) is 11.9 Å². The smallest absolute Gasteiger partial charge is 0.343 e. The molecule has 2 rings (SSSR count). The molecule has 0 saturated carbocycles. The Morgan fingerprint density at radius 1 is 1.50 bits per heavy atom. The van der Waals surface area contributed by atoms with E-state index in [-0.39, 0.29) is 23.7 Å². The van der Waals surface area contributed by atoms with Gasteiger partial charge in [-0.2, -0.15) is 4.52 Å². The van der Waals surface area contributed by atoms with E-state index in [0.717, 1.165) is 10.7 Å². The maximum Gasteiger partial charge on any atom is 0.343 e. The van der Waals surface area contributed by atoms with Gasteiger partial charge in [-0.15, -0.1) is 12.4 Å². The van der Waals surface area contributed by atoms with E-state index in [9.17, 15) is 9.59 Å². The summed E-state index contributed by atoms with van der Waals surface area (Å²) in [4.78, 5) is 29.1. The summed E-state index contributed by atoms with van der Waals surface area (Å²) in [7, 11) is 0. The summed E-state index contributed by atoms with van der Waals surface area (Å²) in [6.07, 6.45) is 2.25. The minimum atomic E-state index is -1.30. The van der Waals surface area contributed by atoms with Crippen LogP contribution in [0, 0.1) is 0 Å². The second kappa shape index (κ2) is 3.46. The monoisotopic (exact) mass is 216 g/mol. The molecular weight excluding hydrogens is 212 g/mol. The highest BCUT2D eigenvalue weighted by atomic mass is 35.5. The summed E-state index contributed by atoms with van der Waals surface area (Å²) in [5, 5.41) is 11.0. The summed E-state index contributed by atoms with van der Waals surface area (Å²) in [6.45, 7) is 0. The van der Waals surface area contributed by atoms with Crippen LogP contribution in [0.15, 0.2) is 17.3 Å². The third-order valence-electron chi connectivity index (χ3n) is 1.54. The fraction of sp³-hybridized carbons (Fsp3) is 0. The zero-order valence-electron chi connectivity index (χ0n) is 6.67. The van der Waals surface area contributed by atoms with Gasteiger partial charge in [0.25, 0.3) is 11.3 Å². The van der Waals surface area contributed by atoms with Crippen molar-refractivity contribution in [2.24, 2.45) is 0 Å². The molecule has 2 aromatic rings. The van der Waals surface area contributed by atoms with Crippen molar-refractivity contribution in [3.8, 4) is 0 Å². The van der Waals surface area contributed by atoms with Crippen LogP contribution in [0.25, 0.3) is 5.78 Å². The number of nitrogens with one attached hydrogen (secondary N) is 1. The van der Waals surface area contributed by atoms with E-state index in [1.165, 1.54) is 6.33 Å². The molecule has 0 saturated heterocycles. The van der Waals surface area contributed by atoms with Crippen molar-refractivity contribution in [1.29, 1.82) is 0 Å². The summed E-state index contributed by atoms with van der Waals surface area (Å²) in [5.41, 5.74) is -1.06. The molecule has 0 fully saturated rings. The molecule has 7 nitrogen and oxygen atoms in total. The molecule has 8 heteroatoms. The third-order valence-corrected chi connectivity index (χ3v) is 1.54. The Bertz CT molecular complexity index is 531. The summed E-state index contributed by atoms with van der Waals surface area (Å²) in [5.74, 6) is -1.16. The number of fused-ring (bicyclic) bond motifs is 1. The summed E-state index contributed by atoms with van der Waals surface area (Å²) >= 11 is 0. The van der Waals surface area contributed by atoms with Gasteiger partial charge in [-0.25, -0.2) is 14.8 Å². The van der Waals surface area contributed by atoms with Gasteiger partial charge in [0.05, 0.1) is 6.20 Å². The Labute approximate surface area is 82.8 Å². The Morgan fingerprint density at radius 2 is 2.21 bits per heavy atom. The molecule has 74 valence electrons. The molecule has 2 N–H and O–H groups in total. The van der Waals surface area contributed by atoms with Crippen LogP contribution in [0.3, 0.4) is 0 Å². The average molecular weight is 217 g/mol. The van der Waals surface area contributed by atoms with E-state index < -0.39 is 11.5 Å². The zero-order chi connectivity index (χ0) is 9.42. The fourth-order valence-electron chi connectivity index (χ4n) is 0.945. The van der Waals surface area contributed by atoms with Gasteiger partial charge in [0, 0.05) is 0 Å². The number of carboxylic acid groups (broad SMARTS) is 1. The van der Waals surface area contributed by atoms with Crippen LogP contribution in [-0.2, 0) is 0 Å². The molecule has 0 radical (unpaired) electrons. The average Bonchev–Trinajstić information content (AvgIpc) is 2.52. The van der Waals surface area contributed by atoms with Crippen molar-refractivity contribution >= 4 is 24.2 Å². The summed E-state index contributed by atoms with van der Waals surface area (Å²) < 4.78 is 0.962. The van der Waals surface area contributed by atoms with Crippen molar-refractivity contribution in [3.63, 3.8) is 0 Å². The molecule has 0 amide bonds. The molecule has 0 aliphatic heterocycles. The Balaban J connectivity index is 0.000000980. The Hall–Kier alpha value is -1.89. The molecule has 14 heavy (non-hydrogen) atoms. The first kappa shape index (κ1) is 10.2. The Morgan fingerprint density at radius 3 is 2.86 bits per heavy atom. The standard InChI is InChI=1S/C6H4N4O3.ClH/c11-4-3(5(12)13)1-7-6-8-2-9-10(4)6;/h1-2H,(H,12,13)(H,7,8,9);1H. The molecule has 0 aliphatic carbocycles. The first-order chi connectivity index (χ1) is 6.20. The lowest BCUT2D eigenvalue weighted by Gasteiger charge is -1.92. The molecule has 0 spiro atoms. The molecule has 0 bridgehead atoms. The number of carboxylic acids is 1. The summed E-state index contributed by atoms with van der Waals surface area (Å²) in [6, 6.07) is 0. The van der Waals surface area contributed by atoms with Crippen LogP contribution in [0.4, 0.5) is 0 Å². The minimum Gasteiger partial charge on any atom is -0.477 e. The lowest BCUT2D eigenvalue weighted by molar-refractivity contribution is 0.0694. The number of hydrogen-bond donors (Lipinski definition) is 2. The number of hydrogen-bond acceptors (Lipinski definition) is 4. The lowest BCUT2D eigenvalue weighted by atomic mass is 10.3. The van der Waals surface area contributed by atoms with E-state index in [0.29, 0.717) is 0 Å². The van der Waals surface area contributed by atoms with Crippen LogP contribution < -0.4 is 5.56 Å².